The third-order valence-corrected chi connectivity index (χ3v) is 4.18. The first-order valence-corrected chi connectivity index (χ1v) is 7.70. The summed E-state index contributed by atoms with van der Waals surface area (Å²) < 4.78 is 3.10. The van der Waals surface area contributed by atoms with Gasteiger partial charge in [-0.2, -0.15) is 0 Å². The van der Waals surface area contributed by atoms with Crippen molar-refractivity contribution in [3.8, 4) is 0 Å². The Bertz CT molecular complexity index is 556. The number of aryl methyl sites for hydroxylation is 1. The zero-order valence-corrected chi connectivity index (χ0v) is 13.6. The molecule has 0 spiro atoms. The van der Waals surface area contributed by atoms with E-state index in [1.54, 1.807) is 6.20 Å². The lowest BCUT2D eigenvalue weighted by Gasteiger charge is -2.14. The first kappa shape index (κ1) is 14.8. The summed E-state index contributed by atoms with van der Waals surface area (Å²) >= 11 is 8.20. The fraction of sp³-hybridized carbons (Fsp3) is 0.357. The molecule has 0 aliphatic heterocycles. The number of aliphatic hydroxyl groups is 1. The Kier molecular flexibility index (Phi) is 5.24. The molecule has 1 aromatic carbocycles. The molecule has 0 aliphatic carbocycles. The maximum Gasteiger partial charge on any atom is 0.111 e. The average Bonchev–Trinajstić information content (AvgIpc) is 2.80. The Labute approximate surface area is 131 Å². The SMILES string of the molecule is CCCn1ccnc1CC(O)c1cc(Cl)ccc1I. The quantitative estimate of drug-likeness (QED) is 0.788. The maximum atomic E-state index is 10.4. The minimum Gasteiger partial charge on any atom is -0.388 e. The molecule has 3 nitrogen and oxygen atoms in total. The standard InChI is InChI=1S/C14H16ClIN2O/c1-2-6-18-7-5-17-14(18)9-13(19)11-8-10(15)3-4-12(11)16/h3-5,7-8,13,19H,2,6,9H2,1H3. The van der Waals surface area contributed by atoms with E-state index in [9.17, 15) is 5.11 Å². The highest BCUT2D eigenvalue weighted by Crippen LogP contribution is 2.26. The molecule has 0 bridgehead atoms. The first-order valence-electron chi connectivity index (χ1n) is 6.24. The van der Waals surface area contributed by atoms with E-state index in [2.05, 4.69) is 39.1 Å². The van der Waals surface area contributed by atoms with E-state index < -0.39 is 6.10 Å². The minimum absolute atomic E-state index is 0.503. The molecule has 1 aromatic heterocycles. The number of nitrogens with zero attached hydrogens (tertiary/aromatic N) is 2. The maximum absolute atomic E-state index is 10.4. The second kappa shape index (κ2) is 6.72. The van der Waals surface area contributed by atoms with Crippen LogP contribution in [0.3, 0.4) is 0 Å². The Balaban J connectivity index is 2.18. The highest BCUT2D eigenvalue weighted by atomic mass is 127. The lowest BCUT2D eigenvalue weighted by atomic mass is 10.1. The summed E-state index contributed by atoms with van der Waals surface area (Å²) in [4.78, 5) is 4.32. The third-order valence-electron chi connectivity index (χ3n) is 2.96. The smallest absolute Gasteiger partial charge is 0.111 e. The van der Waals surface area contributed by atoms with Crippen molar-refractivity contribution < 1.29 is 5.11 Å². The molecule has 1 atom stereocenters. The summed E-state index contributed by atoms with van der Waals surface area (Å²) in [5.74, 6) is 0.908. The van der Waals surface area contributed by atoms with Crippen LogP contribution in [0.2, 0.25) is 5.02 Å². The van der Waals surface area contributed by atoms with E-state index in [1.165, 1.54) is 0 Å². The molecule has 5 heteroatoms. The van der Waals surface area contributed by atoms with E-state index in [0.717, 1.165) is 27.9 Å². The Morgan fingerprint density at radius 2 is 2.26 bits per heavy atom. The fourth-order valence-electron chi connectivity index (χ4n) is 2.03. The number of imidazole rings is 1. The molecule has 2 aromatic rings. The number of rotatable bonds is 5. The molecular formula is C14H16ClIN2O. The predicted octanol–water partition coefficient (Wildman–Crippen LogP) is 3.83. The zero-order chi connectivity index (χ0) is 13.8. The Hall–Kier alpha value is -0.590. The molecule has 0 fully saturated rings. The highest BCUT2D eigenvalue weighted by Gasteiger charge is 2.15. The predicted molar refractivity (Wildman–Crippen MR) is 85.4 cm³/mol. The van der Waals surface area contributed by atoms with Gasteiger partial charge in [0.25, 0.3) is 0 Å². The van der Waals surface area contributed by atoms with Crippen molar-refractivity contribution in [2.24, 2.45) is 0 Å². The summed E-state index contributed by atoms with van der Waals surface area (Å²) in [6.45, 7) is 3.05. The molecular weight excluding hydrogens is 375 g/mol. The molecule has 2 rings (SSSR count). The largest absolute Gasteiger partial charge is 0.388 e. The lowest BCUT2D eigenvalue weighted by molar-refractivity contribution is 0.173. The van der Waals surface area contributed by atoms with E-state index in [-0.39, 0.29) is 0 Å². The molecule has 1 unspecified atom stereocenters. The van der Waals surface area contributed by atoms with E-state index in [0.29, 0.717) is 11.4 Å². The van der Waals surface area contributed by atoms with Gasteiger partial charge in [0.1, 0.15) is 5.82 Å². The monoisotopic (exact) mass is 390 g/mol. The number of aliphatic hydroxyl groups excluding tert-OH is 1. The minimum atomic E-state index is -0.580. The lowest BCUT2D eigenvalue weighted by Crippen LogP contribution is -2.10. The number of halogens is 2. The zero-order valence-electron chi connectivity index (χ0n) is 10.7. The van der Waals surface area contributed by atoms with Crippen molar-refractivity contribution in [3.63, 3.8) is 0 Å². The van der Waals surface area contributed by atoms with Crippen LogP contribution < -0.4 is 0 Å². The second-order valence-corrected chi connectivity index (χ2v) is 6.02. The van der Waals surface area contributed by atoms with Crippen LogP contribution in [0.1, 0.15) is 30.8 Å². The van der Waals surface area contributed by atoms with Crippen molar-refractivity contribution in [1.29, 1.82) is 0 Å². The Morgan fingerprint density at radius 1 is 1.47 bits per heavy atom. The molecule has 0 aliphatic rings. The molecule has 0 radical (unpaired) electrons. The molecule has 102 valence electrons. The molecule has 1 N–H and O–H groups in total. The Morgan fingerprint density at radius 3 is 3.00 bits per heavy atom. The summed E-state index contributed by atoms with van der Waals surface area (Å²) in [5.41, 5.74) is 0.860. The van der Waals surface area contributed by atoms with E-state index >= 15 is 0 Å². The van der Waals surface area contributed by atoms with Gasteiger partial charge in [0.05, 0.1) is 6.10 Å². The van der Waals surface area contributed by atoms with Crippen molar-refractivity contribution >= 4 is 34.2 Å². The summed E-state index contributed by atoms with van der Waals surface area (Å²) in [7, 11) is 0. The number of hydrogen-bond acceptors (Lipinski definition) is 2. The van der Waals surface area contributed by atoms with Crippen LogP contribution >= 0.6 is 34.2 Å². The van der Waals surface area contributed by atoms with Crippen LogP contribution in [0.15, 0.2) is 30.6 Å². The third kappa shape index (κ3) is 3.70. The second-order valence-electron chi connectivity index (χ2n) is 4.42. The van der Waals surface area contributed by atoms with Crippen LogP contribution in [0.5, 0.6) is 0 Å². The van der Waals surface area contributed by atoms with E-state index in [1.807, 2.05) is 24.4 Å². The first-order chi connectivity index (χ1) is 9.11. The van der Waals surface area contributed by atoms with Crippen molar-refractivity contribution in [3.05, 3.63) is 50.6 Å². The van der Waals surface area contributed by atoms with Crippen LogP contribution in [-0.4, -0.2) is 14.7 Å². The van der Waals surface area contributed by atoms with Crippen molar-refractivity contribution in [1.82, 2.24) is 9.55 Å². The van der Waals surface area contributed by atoms with Gasteiger partial charge < -0.3 is 9.67 Å². The van der Waals surface area contributed by atoms with Crippen LogP contribution in [0.25, 0.3) is 0 Å². The number of benzene rings is 1. The summed E-state index contributed by atoms with van der Waals surface area (Å²) in [6, 6.07) is 5.57. The van der Waals surface area contributed by atoms with Crippen molar-refractivity contribution in [2.45, 2.75) is 32.4 Å². The molecule has 0 saturated heterocycles. The summed E-state index contributed by atoms with van der Waals surface area (Å²) in [5, 5.41) is 11.0. The molecule has 0 amide bonds. The normalized spacial score (nSPS) is 12.6. The van der Waals surface area contributed by atoms with Gasteiger partial charge in [0, 0.05) is 34.0 Å². The number of aromatic nitrogens is 2. The van der Waals surface area contributed by atoms with Gasteiger partial charge in [-0.3, -0.25) is 0 Å². The van der Waals surface area contributed by atoms with Gasteiger partial charge in [-0.1, -0.05) is 18.5 Å². The van der Waals surface area contributed by atoms with Gasteiger partial charge in [0.2, 0.25) is 0 Å². The highest BCUT2D eigenvalue weighted by molar-refractivity contribution is 14.1. The van der Waals surface area contributed by atoms with Crippen molar-refractivity contribution in [2.75, 3.05) is 0 Å². The molecule has 19 heavy (non-hydrogen) atoms. The van der Waals surface area contributed by atoms with Gasteiger partial charge in [-0.15, -0.1) is 0 Å². The summed E-state index contributed by atoms with van der Waals surface area (Å²) in [6.07, 6.45) is 4.70. The average molecular weight is 391 g/mol. The van der Waals surface area contributed by atoms with E-state index in [4.69, 9.17) is 11.6 Å². The van der Waals surface area contributed by atoms with Gasteiger partial charge >= 0.3 is 0 Å². The van der Waals surface area contributed by atoms with Gasteiger partial charge in [-0.05, 0) is 52.8 Å². The fourth-order valence-corrected chi connectivity index (χ4v) is 2.90. The van der Waals surface area contributed by atoms with Gasteiger partial charge in [-0.25, -0.2) is 4.98 Å². The molecule has 1 heterocycles. The van der Waals surface area contributed by atoms with Crippen LogP contribution in [-0.2, 0) is 13.0 Å². The van der Waals surface area contributed by atoms with Crippen LogP contribution in [0, 0.1) is 3.57 Å². The molecule has 0 saturated carbocycles. The van der Waals surface area contributed by atoms with Gasteiger partial charge in [0.15, 0.2) is 0 Å². The topological polar surface area (TPSA) is 38.0 Å². The van der Waals surface area contributed by atoms with Crippen LogP contribution in [0.4, 0.5) is 0 Å². The number of hydrogen-bond donors (Lipinski definition) is 1.